The Balaban J connectivity index is 1.82. The minimum absolute atomic E-state index is 0.260. The molecule has 6 heteroatoms. The van der Waals surface area contributed by atoms with Gasteiger partial charge in [-0.1, -0.05) is 18.2 Å². The van der Waals surface area contributed by atoms with Gasteiger partial charge in [-0.3, -0.25) is 4.79 Å². The Hall–Kier alpha value is -1.82. The number of anilines is 1. The number of nitrogens with one attached hydrogen (secondary N) is 2. The summed E-state index contributed by atoms with van der Waals surface area (Å²) in [7, 11) is 0. The zero-order chi connectivity index (χ0) is 12.8. The maximum Gasteiger partial charge on any atom is 0.280 e. The van der Waals surface area contributed by atoms with Gasteiger partial charge in [0.1, 0.15) is 16.8 Å². The quantitative estimate of drug-likeness (QED) is 0.829. The second-order valence-corrected chi connectivity index (χ2v) is 4.31. The first-order valence-corrected chi connectivity index (χ1v) is 6.21. The van der Waals surface area contributed by atoms with E-state index in [1.54, 1.807) is 6.20 Å². The van der Waals surface area contributed by atoms with E-state index in [0.717, 1.165) is 5.75 Å². The molecule has 2 rings (SSSR count). The van der Waals surface area contributed by atoms with Crippen LogP contribution in [0.2, 0.25) is 0 Å². The van der Waals surface area contributed by atoms with Crippen molar-refractivity contribution in [1.82, 2.24) is 10.2 Å². The molecule has 2 N–H and O–H groups in total. The van der Waals surface area contributed by atoms with E-state index in [1.807, 2.05) is 30.3 Å². The van der Waals surface area contributed by atoms with E-state index >= 15 is 0 Å². The summed E-state index contributed by atoms with van der Waals surface area (Å²) in [6.07, 6.45) is 1.55. The molecule has 0 saturated carbocycles. The third-order valence-electron chi connectivity index (χ3n) is 2.23. The normalized spacial score (nSPS) is 10.1. The van der Waals surface area contributed by atoms with E-state index in [1.165, 1.54) is 0 Å². The largest absolute Gasteiger partial charge is 0.492 e. The fourth-order valence-electron chi connectivity index (χ4n) is 1.38. The molecule has 0 aliphatic heterocycles. The van der Waals surface area contributed by atoms with Crippen molar-refractivity contribution in [3.63, 3.8) is 0 Å². The third kappa shape index (κ3) is 3.33. The molecule has 1 heterocycles. The molecule has 1 aromatic carbocycles. The molecule has 0 aliphatic rings. The number of para-hydroxylation sites is 1. The Kier molecular flexibility index (Phi) is 4.35. The molecule has 5 nitrogen and oxygen atoms in total. The molecule has 0 fully saturated rings. The lowest BCUT2D eigenvalue weighted by Gasteiger charge is -2.08. The predicted octanol–water partition coefficient (Wildman–Crippen LogP) is 2.02. The minimum Gasteiger partial charge on any atom is -0.492 e. The summed E-state index contributed by atoms with van der Waals surface area (Å²) in [5.41, 5.74) is 0.388. The first-order chi connectivity index (χ1) is 8.77. The summed E-state index contributed by atoms with van der Waals surface area (Å²) in [5, 5.41) is 9.11. The standard InChI is InChI=1S/C12H12BrN3O2/c13-11-10(8-15-16-12(11)17)14-6-7-18-9-4-2-1-3-5-9/h1-5,8H,6-7H2,(H2,14,16,17). The van der Waals surface area contributed by atoms with Crippen LogP contribution < -0.4 is 15.6 Å². The maximum atomic E-state index is 11.3. The topological polar surface area (TPSA) is 67.0 Å². The molecule has 2 aromatic rings. The van der Waals surface area contributed by atoms with Gasteiger partial charge >= 0.3 is 0 Å². The van der Waals surface area contributed by atoms with Crippen LogP contribution in [0.3, 0.4) is 0 Å². The smallest absolute Gasteiger partial charge is 0.280 e. The number of aromatic amines is 1. The van der Waals surface area contributed by atoms with Crippen LogP contribution in [0.5, 0.6) is 5.75 Å². The fraction of sp³-hybridized carbons (Fsp3) is 0.167. The number of ether oxygens (including phenoxy) is 1. The first-order valence-electron chi connectivity index (χ1n) is 5.42. The Labute approximate surface area is 112 Å². The lowest BCUT2D eigenvalue weighted by molar-refractivity contribution is 0.333. The Morgan fingerprint density at radius 1 is 1.33 bits per heavy atom. The zero-order valence-corrected chi connectivity index (χ0v) is 11.1. The highest BCUT2D eigenvalue weighted by atomic mass is 79.9. The average Bonchev–Trinajstić information content (AvgIpc) is 2.40. The molecule has 0 saturated heterocycles. The van der Waals surface area contributed by atoms with Crippen LogP contribution in [-0.4, -0.2) is 23.3 Å². The van der Waals surface area contributed by atoms with E-state index in [9.17, 15) is 4.79 Å². The molecule has 0 atom stereocenters. The van der Waals surface area contributed by atoms with Gasteiger partial charge < -0.3 is 10.1 Å². The van der Waals surface area contributed by atoms with E-state index in [-0.39, 0.29) is 5.56 Å². The van der Waals surface area contributed by atoms with E-state index in [2.05, 4.69) is 31.4 Å². The second-order valence-electron chi connectivity index (χ2n) is 3.52. The third-order valence-corrected chi connectivity index (χ3v) is 3.01. The number of rotatable bonds is 5. The van der Waals surface area contributed by atoms with Crippen LogP contribution in [0.1, 0.15) is 0 Å². The minimum atomic E-state index is -0.260. The number of nitrogens with zero attached hydrogens (tertiary/aromatic N) is 1. The fourth-order valence-corrected chi connectivity index (χ4v) is 1.71. The van der Waals surface area contributed by atoms with Crippen LogP contribution >= 0.6 is 15.9 Å². The van der Waals surface area contributed by atoms with Gasteiger partial charge in [-0.25, -0.2) is 5.10 Å². The van der Waals surface area contributed by atoms with Gasteiger partial charge in [0.05, 0.1) is 11.9 Å². The molecule has 18 heavy (non-hydrogen) atoms. The van der Waals surface area contributed by atoms with Gasteiger partial charge in [-0.15, -0.1) is 0 Å². The van der Waals surface area contributed by atoms with Crippen LogP contribution in [-0.2, 0) is 0 Å². The number of hydrogen-bond donors (Lipinski definition) is 2. The highest BCUT2D eigenvalue weighted by molar-refractivity contribution is 9.10. The van der Waals surface area contributed by atoms with Crippen molar-refractivity contribution in [2.24, 2.45) is 0 Å². The predicted molar refractivity (Wildman–Crippen MR) is 73.0 cm³/mol. The van der Waals surface area contributed by atoms with Crippen molar-refractivity contribution in [2.45, 2.75) is 0 Å². The van der Waals surface area contributed by atoms with E-state index in [4.69, 9.17) is 4.74 Å². The molecule has 0 radical (unpaired) electrons. The SMILES string of the molecule is O=c1[nH]ncc(NCCOc2ccccc2)c1Br. The van der Waals surface area contributed by atoms with Gasteiger partial charge in [0.2, 0.25) is 0 Å². The molecule has 0 bridgehead atoms. The van der Waals surface area contributed by atoms with E-state index in [0.29, 0.717) is 23.3 Å². The van der Waals surface area contributed by atoms with Gasteiger partial charge in [0.15, 0.2) is 0 Å². The lowest BCUT2D eigenvalue weighted by atomic mass is 10.3. The Morgan fingerprint density at radius 2 is 2.11 bits per heavy atom. The lowest BCUT2D eigenvalue weighted by Crippen LogP contribution is -2.16. The number of aromatic nitrogens is 2. The molecule has 94 valence electrons. The van der Waals surface area contributed by atoms with Crippen LogP contribution in [0.15, 0.2) is 45.8 Å². The molecular formula is C12H12BrN3O2. The van der Waals surface area contributed by atoms with Crippen molar-refractivity contribution >= 4 is 21.6 Å². The van der Waals surface area contributed by atoms with E-state index < -0.39 is 0 Å². The average molecular weight is 310 g/mol. The molecule has 1 aromatic heterocycles. The van der Waals surface area contributed by atoms with Gasteiger partial charge in [0.25, 0.3) is 5.56 Å². The van der Waals surface area contributed by atoms with Crippen molar-refractivity contribution in [3.8, 4) is 5.75 Å². The molecule has 0 unspecified atom stereocenters. The van der Waals surface area contributed by atoms with Crippen molar-refractivity contribution in [2.75, 3.05) is 18.5 Å². The summed E-state index contributed by atoms with van der Waals surface area (Å²) >= 11 is 3.19. The highest BCUT2D eigenvalue weighted by Crippen LogP contribution is 2.14. The summed E-state index contributed by atoms with van der Waals surface area (Å²) in [5.74, 6) is 0.822. The molecule has 0 amide bonds. The van der Waals surface area contributed by atoms with Crippen molar-refractivity contribution in [1.29, 1.82) is 0 Å². The molecule has 0 spiro atoms. The van der Waals surface area contributed by atoms with Crippen LogP contribution in [0.25, 0.3) is 0 Å². The summed E-state index contributed by atoms with van der Waals surface area (Å²) < 4.78 is 5.96. The summed E-state index contributed by atoms with van der Waals surface area (Å²) in [6.45, 7) is 1.09. The first kappa shape index (κ1) is 12.6. The summed E-state index contributed by atoms with van der Waals surface area (Å²) in [4.78, 5) is 11.3. The van der Waals surface area contributed by atoms with Gasteiger partial charge in [0, 0.05) is 6.54 Å². The summed E-state index contributed by atoms with van der Waals surface area (Å²) in [6, 6.07) is 9.56. The van der Waals surface area contributed by atoms with Crippen molar-refractivity contribution < 1.29 is 4.74 Å². The second kappa shape index (κ2) is 6.20. The molecular weight excluding hydrogens is 298 g/mol. The zero-order valence-electron chi connectivity index (χ0n) is 9.52. The van der Waals surface area contributed by atoms with Crippen LogP contribution in [0.4, 0.5) is 5.69 Å². The number of H-pyrrole nitrogens is 1. The van der Waals surface area contributed by atoms with Gasteiger partial charge in [-0.05, 0) is 28.1 Å². The maximum absolute atomic E-state index is 11.3. The Morgan fingerprint density at radius 3 is 2.89 bits per heavy atom. The Bertz CT molecular complexity index is 557. The monoisotopic (exact) mass is 309 g/mol. The van der Waals surface area contributed by atoms with Crippen molar-refractivity contribution in [3.05, 3.63) is 51.4 Å². The number of hydrogen-bond acceptors (Lipinski definition) is 4. The number of benzene rings is 1. The van der Waals surface area contributed by atoms with Gasteiger partial charge in [-0.2, -0.15) is 5.10 Å². The number of halogens is 1. The molecule has 0 aliphatic carbocycles. The highest BCUT2D eigenvalue weighted by Gasteiger charge is 2.03. The van der Waals surface area contributed by atoms with Crippen LogP contribution in [0, 0.1) is 0 Å².